The maximum Gasteiger partial charge on any atom is 0.200 e. The first kappa shape index (κ1) is 12.5. The Morgan fingerprint density at radius 3 is 2.85 bits per heavy atom. The summed E-state index contributed by atoms with van der Waals surface area (Å²) in [5, 5.41) is 18.5. The molecule has 0 aliphatic carbocycles. The van der Waals surface area contributed by atoms with E-state index < -0.39 is 0 Å². The fourth-order valence-electron chi connectivity index (χ4n) is 1.97. The average molecular weight is 269 g/mol. The zero-order valence-corrected chi connectivity index (χ0v) is 10.8. The Balaban J connectivity index is 1.57. The van der Waals surface area contributed by atoms with Crippen molar-refractivity contribution in [3.8, 4) is 0 Å². The van der Waals surface area contributed by atoms with Crippen LogP contribution in [-0.2, 0) is 0 Å². The molecule has 1 unspecified atom stereocenters. The van der Waals surface area contributed by atoms with E-state index in [2.05, 4.69) is 25.9 Å². The molecule has 0 fully saturated rings. The Bertz CT molecular complexity index is 679. The Kier molecular flexibility index (Phi) is 3.51. The number of nitrogens with zero attached hydrogens (tertiary/aromatic N) is 5. The third-order valence-electron chi connectivity index (χ3n) is 3.06. The van der Waals surface area contributed by atoms with Gasteiger partial charge in [0, 0.05) is 12.6 Å². The standard InChI is InChI=1S/C13H15N7/c14-11(10-4-2-1-3-5-10)8-9-15-12-6-7-13-16-18-19-20(13)17-12/h1-7,11H,8-9,14H2,(H,15,17). The van der Waals surface area contributed by atoms with Crippen LogP contribution in [0, 0.1) is 0 Å². The maximum absolute atomic E-state index is 6.14. The maximum atomic E-state index is 6.14. The zero-order chi connectivity index (χ0) is 13.8. The largest absolute Gasteiger partial charge is 0.369 e. The molecule has 0 saturated carbocycles. The van der Waals surface area contributed by atoms with E-state index in [0.29, 0.717) is 5.65 Å². The van der Waals surface area contributed by atoms with Gasteiger partial charge in [0.15, 0.2) is 5.65 Å². The molecule has 0 amide bonds. The molecule has 2 heterocycles. The summed E-state index contributed by atoms with van der Waals surface area (Å²) in [6.07, 6.45) is 0.819. The van der Waals surface area contributed by atoms with Crippen LogP contribution < -0.4 is 11.1 Å². The van der Waals surface area contributed by atoms with Crippen LogP contribution in [0.25, 0.3) is 5.65 Å². The van der Waals surface area contributed by atoms with Gasteiger partial charge in [0.1, 0.15) is 5.82 Å². The topological polar surface area (TPSA) is 94.0 Å². The highest BCUT2D eigenvalue weighted by atomic mass is 15.6. The number of nitrogens with one attached hydrogen (secondary N) is 1. The molecule has 0 aliphatic heterocycles. The van der Waals surface area contributed by atoms with Crippen molar-refractivity contribution in [3.05, 3.63) is 48.0 Å². The van der Waals surface area contributed by atoms with Gasteiger partial charge in [-0.2, -0.15) is 0 Å². The minimum absolute atomic E-state index is 0.0143. The number of nitrogens with two attached hydrogens (primary N) is 1. The van der Waals surface area contributed by atoms with Crippen LogP contribution in [0.3, 0.4) is 0 Å². The molecule has 0 spiro atoms. The van der Waals surface area contributed by atoms with Crippen LogP contribution in [0.1, 0.15) is 18.0 Å². The summed E-state index contributed by atoms with van der Waals surface area (Å²) in [6, 6.07) is 13.7. The lowest BCUT2D eigenvalue weighted by Crippen LogP contribution is -2.16. The molecule has 2 aromatic heterocycles. The molecule has 7 heteroatoms. The highest BCUT2D eigenvalue weighted by Gasteiger charge is 2.05. The van der Waals surface area contributed by atoms with E-state index in [1.165, 1.54) is 4.63 Å². The number of tetrazole rings is 1. The molecule has 3 N–H and O–H groups in total. The van der Waals surface area contributed by atoms with Gasteiger partial charge in [0.05, 0.1) is 0 Å². The van der Waals surface area contributed by atoms with E-state index in [9.17, 15) is 0 Å². The van der Waals surface area contributed by atoms with E-state index in [0.717, 1.165) is 24.3 Å². The van der Waals surface area contributed by atoms with Crippen molar-refractivity contribution in [3.63, 3.8) is 0 Å². The lowest BCUT2D eigenvalue weighted by molar-refractivity contribution is 0.670. The first-order valence-electron chi connectivity index (χ1n) is 6.43. The van der Waals surface area contributed by atoms with Crippen molar-refractivity contribution in [2.24, 2.45) is 5.73 Å². The van der Waals surface area contributed by atoms with E-state index in [1.807, 2.05) is 42.5 Å². The van der Waals surface area contributed by atoms with Crippen molar-refractivity contribution in [2.75, 3.05) is 11.9 Å². The van der Waals surface area contributed by atoms with Gasteiger partial charge in [-0.15, -0.1) is 14.8 Å². The summed E-state index contributed by atoms with van der Waals surface area (Å²) < 4.78 is 1.39. The van der Waals surface area contributed by atoms with Crippen molar-refractivity contribution in [1.82, 2.24) is 25.3 Å². The fourth-order valence-corrected chi connectivity index (χ4v) is 1.97. The Morgan fingerprint density at radius 1 is 1.15 bits per heavy atom. The third kappa shape index (κ3) is 2.72. The number of rotatable bonds is 5. The van der Waals surface area contributed by atoms with E-state index >= 15 is 0 Å². The normalized spacial score (nSPS) is 12.4. The number of fused-ring (bicyclic) bond motifs is 1. The summed E-state index contributed by atoms with van der Waals surface area (Å²) in [7, 11) is 0. The van der Waals surface area contributed by atoms with Gasteiger partial charge in [-0.25, -0.2) is 0 Å². The molecular formula is C13H15N7. The number of aromatic nitrogens is 5. The summed E-state index contributed by atoms with van der Waals surface area (Å²) in [5.41, 5.74) is 7.89. The molecule has 3 rings (SSSR count). The van der Waals surface area contributed by atoms with Crippen molar-refractivity contribution < 1.29 is 0 Å². The second-order valence-corrected chi connectivity index (χ2v) is 4.48. The number of hydrogen-bond donors (Lipinski definition) is 2. The van der Waals surface area contributed by atoms with E-state index in [1.54, 1.807) is 0 Å². The van der Waals surface area contributed by atoms with Crippen molar-refractivity contribution >= 4 is 11.5 Å². The number of benzene rings is 1. The molecule has 1 aromatic carbocycles. The smallest absolute Gasteiger partial charge is 0.200 e. The van der Waals surface area contributed by atoms with Gasteiger partial charge in [-0.05, 0) is 34.5 Å². The first-order chi connectivity index (χ1) is 9.83. The van der Waals surface area contributed by atoms with Gasteiger partial charge in [0.2, 0.25) is 0 Å². The second-order valence-electron chi connectivity index (χ2n) is 4.48. The second kappa shape index (κ2) is 5.62. The van der Waals surface area contributed by atoms with Crippen LogP contribution in [-0.4, -0.2) is 31.8 Å². The number of hydrogen-bond acceptors (Lipinski definition) is 6. The minimum atomic E-state index is 0.0143. The average Bonchev–Trinajstić information content (AvgIpc) is 2.95. The predicted octanol–water partition coefficient (Wildman–Crippen LogP) is 1.02. The lowest BCUT2D eigenvalue weighted by Gasteiger charge is -2.12. The molecule has 20 heavy (non-hydrogen) atoms. The molecule has 1 atom stereocenters. The summed E-state index contributed by atoms with van der Waals surface area (Å²) in [5.74, 6) is 0.727. The van der Waals surface area contributed by atoms with Crippen LogP contribution in [0.5, 0.6) is 0 Å². The molecular weight excluding hydrogens is 254 g/mol. The number of anilines is 1. The molecule has 7 nitrogen and oxygen atoms in total. The Hall–Kier alpha value is -2.54. The molecule has 0 bridgehead atoms. The van der Waals surface area contributed by atoms with E-state index in [4.69, 9.17) is 5.73 Å². The van der Waals surface area contributed by atoms with Crippen LogP contribution in [0.15, 0.2) is 42.5 Å². The van der Waals surface area contributed by atoms with Crippen LogP contribution in [0.4, 0.5) is 5.82 Å². The third-order valence-corrected chi connectivity index (χ3v) is 3.06. The Morgan fingerprint density at radius 2 is 2.00 bits per heavy atom. The van der Waals surface area contributed by atoms with Crippen molar-refractivity contribution in [1.29, 1.82) is 0 Å². The van der Waals surface area contributed by atoms with Gasteiger partial charge < -0.3 is 11.1 Å². The fraction of sp³-hybridized carbons (Fsp3) is 0.231. The first-order valence-corrected chi connectivity index (χ1v) is 6.43. The predicted molar refractivity (Wildman–Crippen MR) is 75.1 cm³/mol. The SMILES string of the molecule is NC(CCNc1ccc2nnnn2n1)c1ccccc1. The minimum Gasteiger partial charge on any atom is -0.369 e. The quantitative estimate of drug-likeness (QED) is 0.718. The van der Waals surface area contributed by atoms with Gasteiger partial charge in [-0.3, -0.25) is 0 Å². The molecule has 0 radical (unpaired) electrons. The van der Waals surface area contributed by atoms with Crippen LogP contribution in [0.2, 0.25) is 0 Å². The van der Waals surface area contributed by atoms with E-state index in [-0.39, 0.29) is 6.04 Å². The van der Waals surface area contributed by atoms with Gasteiger partial charge >= 0.3 is 0 Å². The summed E-state index contributed by atoms with van der Waals surface area (Å²) in [4.78, 5) is 0. The molecule has 3 aromatic rings. The van der Waals surface area contributed by atoms with Crippen molar-refractivity contribution in [2.45, 2.75) is 12.5 Å². The summed E-state index contributed by atoms with van der Waals surface area (Å²) >= 11 is 0. The van der Waals surface area contributed by atoms with Gasteiger partial charge in [0.25, 0.3) is 0 Å². The molecule has 0 saturated heterocycles. The highest BCUT2D eigenvalue weighted by Crippen LogP contribution is 2.13. The highest BCUT2D eigenvalue weighted by molar-refractivity contribution is 5.42. The Labute approximate surface area is 115 Å². The monoisotopic (exact) mass is 269 g/mol. The van der Waals surface area contributed by atoms with Crippen LogP contribution >= 0.6 is 0 Å². The van der Waals surface area contributed by atoms with Gasteiger partial charge in [-0.1, -0.05) is 30.3 Å². The molecule has 0 aliphatic rings. The molecule has 102 valence electrons. The zero-order valence-electron chi connectivity index (χ0n) is 10.8. The summed E-state index contributed by atoms with van der Waals surface area (Å²) in [6.45, 7) is 0.733. The lowest BCUT2D eigenvalue weighted by atomic mass is 10.1.